The zero-order valence-corrected chi connectivity index (χ0v) is 11.2. The molecule has 2 fully saturated rings. The van der Waals surface area contributed by atoms with Gasteiger partial charge in [0.2, 0.25) is 0 Å². The number of fused-ring (bicyclic) bond motifs is 2. The van der Waals surface area contributed by atoms with Crippen molar-refractivity contribution < 1.29 is 0 Å². The maximum absolute atomic E-state index is 3.65. The van der Waals surface area contributed by atoms with Crippen molar-refractivity contribution >= 4 is 0 Å². The summed E-state index contributed by atoms with van der Waals surface area (Å²) in [5.41, 5.74) is 0. The van der Waals surface area contributed by atoms with Crippen LogP contribution in [0.5, 0.6) is 0 Å². The molecular formula is C14H28N2. The van der Waals surface area contributed by atoms with Gasteiger partial charge in [-0.1, -0.05) is 13.8 Å². The second-order valence-electron chi connectivity index (χ2n) is 6.27. The smallest absolute Gasteiger partial charge is 0.00988 e. The minimum Gasteiger partial charge on any atom is -0.316 e. The Morgan fingerprint density at radius 3 is 2.38 bits per heavy atom. The molecule has 94 valence electrons. The predicted molar refractivity (Wildman–Crippen MR) is 69.6 cm³/mol. The van der Waals surface area contributed by atoms with Gasteiger partial charge in [0.1, 0.15) is 0 Å². The van der Waals surface area contributed by atoms with E-state index in [4.69, 9.17) is 0 Å². The van der Waals surface area contributed by atoms with E-state index < -0.39 is 0 Å². The summed E-state index contributed by atoms with van der Waals surface area (Å²) >= 11 is 0. The molecule has 0 aromatic carbocycles. The SMILES string of the molecule is CC(C)CCNCC1CC2CCC(C1)N2C. The molecule has 0 aromatic heterocycles. The van der Waals surface area contributed by atoms with Crippen molar-refractivity contribution in [2.24, 2.45) is 11.8 Å². The van der Waals surface area contributed by atoms with Crippen molar-refractivity contribution in [1.29, 1.82) is 0 Å². The Morgan fingerprint density at radius 2 is 1.81 bits per heavy atom. The van der Waals surface area contributed by atoms with Crippen molar-refractivity contribution in [1.82, 2.24) is 10.2 Å². The van der Waals surface area contributed by atoms with Gasteiger partial charge < -0.3 is 10.2 Å². The van der Waals surface area contributed by atoms with Gasteiger partial charge in [-0.3, -0.25) is 0 Å². The van der Waals surface area contributed by atoms with E-state index in [1.165, 1.54) is 45.2 Å². The monoisotopic (exact) mass is 224 g/mol. The molecule has 2 heterocycles. The Morgan fingerprint density at radius 1 is 1.19 bits per heavy atom. The highest BCUT2D eigenvalue weighted by atomic mass is 15.2. The molecule has 16 heavy (non-hydrogen) atoms. The van der Waals surface area contributed by atoms with Gasteiger partial charge in [-0.25, -0.2) is 0 Å². The normalized spacial score (nSPS) is 34.9. The molecule has 2 nitrogen and oxygen atoms in total. The Bertz CT molecular complexity index is 201. The molecule has 2 heteroatoms. The van der Waals surface area contributed by atoms with Crippen LogP contribution in [0.4, 0.5) is 0 Å². The van der Waals surface area contributed by atoms with Crippen LogP contribution in [0.15, 0.2) is 0 Å². The van der Waals surface area contributed by atoms with Gasteiger partial charge in [-0.15, -0.1) is 0 Å². The van der Waals surface area contributed by atoms with Gasteiger partial charge in [0, 0.05) is 12.1 Å². The summed E-state index contributed by atoms with van der Waals surface area (Å²) in [5, 5.41) is 3.65. The Balaban J connectivity index is 1.65. The molecule has 2 saturated heterocycles. The van der Waals surface area contributed by atoms with Crippen molar-refractivity contribution in [2.75, 3.05) is 20.1 Å². The van der Waals surface area contributed by atoms with E-state index in [0.717, 1.165) is 23.9 Å². The van der Waals surface area contributed by atoms with Crippen LogP contribution >= 0.6 is 0 Å². The van der Waals surface area contributed by atoms with Crippen LogP contribution < -0.4 is 5.32 Å². The second-order valence-corrected chi connectivity index (χ2v) is 6.27. The summed E-state index contributed by atoms with van der Waals surface area (Å²) in [6.07, 6.45) is 7.08. The topological polar surface area (TPSA) is 15.3 Å². The number of rotatable bonds is 5. The third-order valence-electron chi connectivity index (χ3n) is 4.53. The summed E-state index contributed by atoms with van der Waals surface area (Å²) in [5.74, 6) is 1.78. The van der Waals surface area contributed by atoms with Crippen LogP contribution in [0.3, 0.4) is 0 Å². The minimum atomic E-state index is 0.834. The average Bonchev–Trinajstić information content (AvgIpc) is 2.50. The van der Waals surface area contributed by atoms with Crippen molar-refractivity contribution in [3.63, 3.8) is 0 Å². The highest BCUT2D eigenvalue weighted by Crippen LogP contribution is 2.36. The number of piperidine rings is 1. The Kier molecular flexibility index (Phi) is 4.26. The van der Waals surface area contributed by atoms with Gasteiger partial charge in [0.15, 0.2) is 0 Å². The van der Waals surface area contributed by atoms with Gasteiger partial charge in [-0.2, -0.15) is 0 Å². The first-order valence-corrected chi connectivity index (χ1v) is 7.09. The van der Waals surface area contributed by atoms with E-state index in [1.54, 1.807) is 0 Å². The molecule has 2 aliphatic heterocycles. The molecule has 0 aliphatic carbocycles. The first-order valence-electron chi connectivity index (χ1n) is 7.09. The molecule has 2 bridgehead atoms. The van der Waals surface area contributed by atoms with Crippen molar-refractivity contribution in [2.45, 2.75) is 58.0 Å². The minimum absolute atomic E-state index is 0.834. The fourth-order valence-corrected chi connectivity index (χ4v) is 3.39. The zero-order chi connectivity index (χ0) is 11.5. The van der Waals surface area contributed by atoms with E-state index in [2.05, 4.69) is 31.1 Å². The molecule has 0 spiro atoms. The third kappa shape index (κ3) is 2.98. The van der Waals surface area contributed by atoms with E-state index in [9.17, 15) is 0 Å². The van der Waals surface area contributed by atoms with Gasteiger partial charge >= 0.3 is 0 Å². The van der Waals surface area contributed by atoms with Crippen molar-refractivity contribution in [3.8, 4) is 0 Å². The average molecular weight is 224 g/mol. The molecule has 0 saturated carbocycles. The second kappa shape index (κ2) is 5.50. The van der Waals surface area contributed by atoms with Crippen molar-refractivity contribution in [3.05, 3.63) is 0 Å². The first-order chi connectivity index (χ1) is 7.66. The van der Waals surface area contributed by atoms with Gasteiger partial charge in [0.05, 0.1) is 0 Å². The quantitative estimate of drug-likeness (QED) is 0.722. The maximum atomic E-state index is 3.65. The van der Waals surface area contributed by atoms with E-state index >= 15 is 0 Å². The Labute approximate surface area is 101 Å². The molecule has 0 aromatic rings. The van der Waals surface area contributed by atoms with Crippen LogP contribution in [0.2, 0.25) is 0 Å². The summed E-state index contributed by atoms with van der Waals surface area (Å²) in [4.78, 5) is 2.63. The standard InChI is InChI=1S/C14H28N2/c1-11(2)6-7-15-10-12-8-13-4-5-14(9-12)16(13)3/h11-15H,4-10H2,1-3H3. The van der Waals surface area contributed by atoms with E-state index in [0.29, 0.717) is 0 Å². The predicted octanol–water partition coefficient (Wildman–Crippen LogP) is 2.49. The van der Waals surface area contributed by atoms with Crippen LogP contribution in [0.25, 0.3) is 0 Å². The molecule has 1 N–H and O–H groups in total. The zero-order valence-electron chi connectivity index (χ0n) is 11.2. The highest BCUT2D eigenvalue weighted by molar-refractivity contribution is 4.93. The molecule has 2 aliphatic rings. The highest BCUT2D eigenvalue weighted by Gasteiger charge is 2.37. The van der Waals surface area contributed by atoms with Crippen LogP contribution in [-0.2, 0) is 0 Å². The van der Waals surface area contributed by atoms with E-state index in [-0.39, 0.29) is 0 Å². The number of nitrogens with zero attached hydrogens (tertiary/aromatic N) is 1. The third-order valence-corrected chi connectivity index (χ3v) is 4.53. The lowest BCUT2D eigenvalue weighted by atomic mass is 9.91. The summed E-state index contributed by atoms with van der Waals surface area (Å²) < 4.78 is 0. The fraction of sp³-hybridized carbons (Fsp3) is 1.00. The molecule has 0 amide bonds. The first kappa shape index (κ1) is 12.4. The van der Waals surface area contributed by atoms with Crippen LogP contribution in [-0.4, -0.2) is 37.1 Å². The summed E-state index contributed by atoms with van der Waals surface area (Å²) in [6, 6.07) is 1.80. The lowest BCUT2D eigenvalue weighted by Gasteiger charge is -2.36. The molecule has 0 radical (unpaired) electrons. The largest absolute Gasteiger partial charge is 0.316 e. The lowest BCUT2D eigenvalue weighted by molar-refractivity contribution is 0.133. The molecule has 2 atom stereocenters. The van der Waals surface area contributed by atoms with E-state index in [1.807, 2.05) is 0 Å². The number of nitrogens with one attached hydrogen (secondary N) is 1. The molecule has 2 unspecified atom stereocenters. The fourth-order valence-electron chi connectivity index (χ4n) is 3.39. The maximum Gasteiger partial charge on any atom is 0.00988 e. The Hall–Kier alpha value is -0.0800. The summed E-state index contributed by atoms with van der Waals surface area (Å²) in [7, 11) is 2.32. The number of hydrogen-bond acceptors (Lipinski definition) is 2. The summed E-state index contributed by atoms with van der Waals surface area (Å²) in [6.45, 7) is 7.07. The lowest BCUT2D eigenvalue weighted by Crippen LogP contribution is -2.42. The van der Waals surface area contributed by atoms with Crippen LogP contribution in [0.1, 0.15) is 46.0 Å². The molecular weight excluding hydrogens is 196 g/mol. The van der Waals surface area contributed by atoms with Crippen LogP contribution in [0, 0.1) is 11.8 Å². The van der Waals surface area contributed by atoms with Gasteiger partial charge in [-0.05, 0) is 64.1 Å². The molecule has 2 rings (SSSR count). The van der Waals surface area contributed by atoms with Gasteiger partial charge in [0.25, 0.3) is 0 Å². The number of hydrogen-bond donors (Lipinski definition) is 1.